The minimum atomic E-state index is -3.42. The summed E-state index contributed by atoms with van der Waals surface area (Å²) in [6.45, 7) is 0.912. The molecule has 0 aliphatic carbocycles. The van der Waals surface area contributed by atoms with Crippen LogP contribution >= 0.6 is 96.0 Å². The molecule has 1 aliphatic rings. The predicted octanol–water partition coefficient (Wildman–Crippen LogP) is 9.77. The highest BCUT2D eigenvalue weighted by molar-refractivity contribution is 8.25. The van der Waals surface area contributed by atoms with Crippen LogP contribution in [0.5, 0.6) is 0 Å². The molecule has 0 saturated carbocycles. The first-order valence-electron chi connectivity index (χ1n) is 6.46. The van der Waals surface area contributed by atoms with Gasteiger partial charge < -0.3 is 0 Å². The van der Waals surface area contributed by atoms with Crippen LogP contribution in [0.15, 0.2) is 30.3 Å². The summed E-state index contributed by atoms with van der Waals surface area (Å²) in [5.41, 5.74) is 0.723. The van der Waals surface area contributed by atoms with E-state index in [-0.39, 0.29) is 11.5 Å². The van der Waals surface area contributed by atoms with Gasteiger partial charge in [-0.2, -0.15) is 0 Å². The second kappa shape index (κ2) is 11.3. The van der Waals surface area contributed by atoms with Crippen molar-refractivity contribution >= 4 is 96.0 Å². The number of halogens is 7. The molecule has 1 aromatic rings. The molecule has 0 radical (unpaired) electrons. The summed E-state index contributed by atoms with van der Waals surface area (Å²) in [4.78, 5) is 0. The molecule has 1 fully saturated rings. The second-order valence-electron chi connectivity index (χ2n) is 5.39. The zero-order valence-electron chi connectivity index (χ0n) is 13.2. The van der Waals surface area contributed by atoms with E-state index in [0.717, 1.165) is 5.56 Å². The van der Waals surface area contributed by atoms with Crippen LogP contribution in [0, 0.1) is 5.41 Å². The molecule has 0 N–H and O–H groups in total. The van der Waals surface area contributed by atoms with E-state index < -0.39 is 17.3 Å². The Morgan fingerprint density at radius 3 is 1.77 bits per heavy atom. The van der Waals surface area contributed by atoms with Gasteiger partial charge in [0.1, 0.15) is 6.10 Å². The van der Waals surface area contributed by atoms with Gasteiger partial charge in [0.05, 0.1) is 6.61 Å². The number of hydrogen-bond acceptors (Lipinski definition) is 5. The normalized spacial score (nSPS) is 25.2. The van der Waals surface area contributed by atoms with Crippen LogP contribution in [0.2, 0.25) is 0 Å². The molecule has 26 heavy (non-hydrogen) atoms. The molecule has 152 valence electrons. The van der Waals surface area contributed by atoms with Crippen LogP contribution in [-0.4, -0.2) is 6.61 Å². The summed E-state index contributed by atoms with van der Waals surface area (Å²) in [5, 5.41) is -6.44. The molecule has 5 nitrogen and oxygen atoms in total. The van der Waals surface area contributed by atoms with Gasteiger partial charge in [0.25, 0.3) is 0 Å². The van der Waals surface area contributed by atoms with Crippen LogP contribution in [0.25, 0.3) is 0 Å². The standard InChI is InChI=1S/C11H14ClO3P.2Cl3OP/c1-11(2)8-14-16(12,13)15-10(11)9-6-4-3-5-7-9;2*1-5(2,3)4/h3-7,10H,8H2,1-2H3;;/t10?,16-;;/m0../s1. The van der Waals surface area contributed by atoms with Crippen LogP contribution in [0.1, 0.15) is 25.5 Å². The van der Waals surface area contributed by atoms with Crippen molar-refractivity contribution < 1.29 is 22.7 Å². The minimum Gasteiger partial charge on any atom is -0.296 e. The van der Waals surface area contributed by atoms with Crippen molar-refractivity contribution in [3.63, 3.8) is 0 Å². The Bertz CT molecular complexity index is 669. The van der Waals surface area contributed by atoms with Crippen LogP contribution in [0.4, 0.5) is 0 Å². The molecule has 0 spiro atoms. The van der Waals surface area contributed by atoms with Crippen molar-refractivity contribution in [2.75, 3.05) is 6.61 Å². The third-order valence-electron chi connectivity index (χ3n) is 2.63. The Balaban J connectivity index is 0.000000520. The van der Waals surface area contributed by atoms with Crippen LogP contribution < -0.4 is 0 Å². The van der Waals surface area contributed by atoms with Crippen molar-refractivity contribution in [2.24, 2.45) is 5.41 Å². The molecule has 1 aromatic carbocycles. The number of hydrogen-bond donors (Lipinski definition) is 0. The monoisotopic (exact) mass is 564 g/mol. The van der Waals surface area contributed by atoms with E-state index in [1.807, 2.05) is 44.2 Å². The van der Waals surface area contributed by atoms with E-state index in [1.54, 1.807) is 0 Å². The highest BCUT2D eigenvalue weighted by Gasteiger charge is 2.44. The van der Waals surface area contributed by atoms with Crippen molar-refractivity contribution in [2.45, 2.75) is 20.0 Å². The summed E-state index contributed by atoms with van der Waals surface area (Å²) < 4.78 is 41.1. The van der Waals surface area contributed by atoms with Gasteiger partial charge in [0.2, 0.25) is 0 Å². The fourth-order valence-corrected chi connectivity index (χ4v) is 3.35. The van der Waals surface area contributed by atoms with Gasteiger partial charge in [0.15, 0.2) is 0 Å². The van der Waals surface area contributed by atoms with Crippen molar-refractivity contribution in [3.05, 3.63) is 35.9 Å². The van der Waals surface area contributed by atoms with Gasteiger partial charge in [-0.3, -0.25) is 18.2 Å². The quantitative estimate of drug-likeness (QED) is 0.316. The third-order valence-corrected chi connectivity index (χ3v) is 4.07. The Kier molecular flexibility index (Phi) is 12.1. The van der Waals surface area contributed by atoms with Crippen LogP contribution in [0.3, 0.4) is 0 Å². The molecule has 0 bridgehead atoms. The maximum Gasteiger partial charge on any atom is 0.424 e. The summed E-state index contributed by atoms with van der Waals surface area (Å²) in [5.74, 6) is 0. The zero-order chi connectivity index (χ0) is 20.8. The van der Waals surface area contributed by atoms with Crippen molar-refractivity contribution in [1.29, 1.82) is 0 Å². The first kappa shape index (κ1) is 27.9. The van der Waals surface area contributed by atoms with E-state index in [0.29, 0.717) is 6.61 Å². The van der Waals surface area contributed by atoms with Gasteiger partial charge in [0, 0.05) is 16.7 Å². The lowest BCUT2D eigenvalue weighted by Gasteiger charge is -2.39. The molecule has 0 aromatic heterocycles. The van der Waals surface area contributed by atoms with Gasteiger partial charge in [-0.1, -0.05) is 44.2 Å². The van der Waals surface area contributed by atoms with Gasteiger partial charge >= 0.3 is 17.3 Å². The van der Waals surface area contributed by atoms with Crippen molar-refractivity contribution in [1.82, 2.24) is 0 Å². The molecule has 1 aliphatic heterocycles. The smallest absolute Gasteiger partial charge is 0.296 e. The Labute approximate surface area is 185 Å². The maximum atomic E-state index is 11.6. The van der Waals surface area contributed by atoms with E-state index in [4.69, 9.17) is 20.3 Å². The SMILES string of the molecule is CC1(C)CO[P@@](=O)(Cl)OC1c1ccccc1.O=P(Cl)(Cl)Cl.O=P(Cl)(Cl)Cl. The lowest BCUT2D eigenvalue weighted by atomic mass is 9.83. The first-order valence-corrected chi connectivity index (χ1v) is 17.8. The molecular formula is C11H14Cl7O5P3. The molecule has 1 heterocycles. The van der Waals surface area contributed by atoms with Gasteiger partial charge in [-0.05, 0) is 73.0 Å². The maximum absolute atomic E-state index is 11.6. The molecule has 2 rings (SSSR count). The molecule has 2 atom stereocenters. The predicted molar refractivity (Wildman–Crippen MR) is 114 cm³/mol. The summed E-state index contributed by atoms with van der Waals surface area (Å²) in [6, 6.07) is 9.64. The first-order chi connectivity index (χ1) is 11.4. The Morgan fingerprint density at radius 2 is 1.38 bits per heavy atom. The lowest BCUT2D eigenvalue weighted by molar-refractivity contribution is -0.0203. The highest BCUT2D eigenvalue weighted by Crippen LogP contribution is 2.64. The number of benzene rings is 1. The highest BCUT2D eigenvalue weighted by atomic mass is 36.1. The summed E-state index contributed by atoms with van der Waals surface area (Å²) in [6.07, 6.45) is -0.300. The zero-order valence-corrected chi connectivity index (χ0v) is 21.2. The fraction of sp³-hybridized carbons (Fsp3) is 0.455. The Hall–Kier alpha value is 1.86. The minimum absolute atomic E-state index is 0.246. The van der Waals surface area contributed by atoms with E-state index in [9.17, 15) is 13.7 Å². The molecule has 1 saturated heterocycles. The van der Waals surface area contributed by atoms with Crippen LogP contribution in [-0.2, 0) is 22.7 Å². The summed E-state index contributed by atoms with van der Waals surface area (Å²) in [7, 11) is 0. The van der Waals surface area contributed by atoms with Crippen molar-refractivity contribution in [3.8, 4) is 0 Å². The average molecular weight is 567 g/mol. The topological polar surface area (TPSA) is 69.7 Å². The average Bonchev–Trinajstić information content (AvgIpc) is 2.39. The molecule has 15 heteroatoms. The van der Waals surface area contributed by atoms with E-state index >= 15 is 0 Å². The van der Waals surface area contributed by atoms with E-state index in [2.05, 4.69) is 67.4 Å². The largest absolute Gasteiger partial charge is 0.424 e. The second-order valence-corrected chi connectivity index (χ2v) is 21.2. The molecular weight excluding hydrogens is 553 g/mol. The molecule has 1 unspecified atom stereocenters. The Morgan fingerprint density at radius 1 is 1.00 bits per heavy atom. The van der Waals surface area contributed by atoms with Gasteiger partial charge in [-0.25, -0.2) is 4.57 Å². The fourth-order valence-electron chi connectivity index (χ4n) is 1.76. The lowest BCUT2D eigenvalue weighted by Crippen LogP contribution is -2.32. The van der Waals surface area contributed by atoms with E-state index in [1.165, 1.54) is 0 Å². The third kappa shape index (κ3) is 15.7. The molecule has 0 amide bonds. The number of rotatable bonds is 1. The van der Waals surface area contributed by atoms with Gasteiger partial charge in [-0.15, -0.1) is 0 Å². The summed E-state index contributed by atoms with van der Waals surface area (Å²) >= 11 is 33.4.